The van der Waals surface area contributed by atoms with Gasteiger partial charge in [0.2, 0.25) is 5.91 Å². The van der Waals surface area contributed by atoms with E-state index in [2.05, 4.69) is 47.7 Å². The molecule has 2 heterocycles. The number of nitrogens with one attached hydrogen (secondary N) is 2. The number of nitriles is 1. The van der Waals surface area contributed by atoms with Gasteiger partial charge in [0.15, 0.2) is 11.0 Å². The van der Waals surface area contributed by atoms with Gasteiger partial charge in [-0.1, -0.05) is 69.6 Å². The van der Waals surface area contributed by atoms with Crippen LogP contribution in [0.3, 0.4) is 0 Å². The largest absolute Gasteiger partial charge is 0.342 e. The van der Waals surface area contributed by atoms with Crippen molar-refractivity contribution in [2.75, 3.05) is 11.1 Å². The van der Waals surface area contributed by atoms with Crippen LogP contribution in [0.5, 0.6) is 0 Å². The first-order valence-corrected chi connectivity index (χ1v) is 16.0. The molecular weight excluding hydrogens is 599 g/mol. The highest BCUT2D eigenvalue weighted by molar-refractivity contribution is 7.99. The highest BCUT2D eigenvalue weighted by Crippen LogP contribution is 2.44. The van der Waals surface area contributed by atoms with Crippen LogP contribution >= 0.6 is 46.3 Å². The zero-order valence-electron chi connectivity index (χ0n) is 24.0. The number of rotatable bonds is 8. The minimum Gasteiger partial charge on any atom is -0.342 e. The number of carbonyl (C=O) groups excluding carboxylic acids is 2. The molecule has 0 unspecified atom stereocenters. The molecular formula is C29H34Cl2N6O2S2. The number of thioether (sulfide) groups is 1. The van der Waals surface area contributed by atoms with Gasteiger partial charge in [-0.25, -0.2) is 0 Å². The summed E-state index contributed by atoms with van der Waals surface area (Å²) in [5, 5.41) is 26.3. The number of fused-ring (bicyclic) bond motifs is 1. The van der Waals surface area contributed by atoms with Crippen molar-refractivity contribution in [1.29, 1.82) is 5.26 Å². The quantitative estimate of drug-likeness (QED) is 0.257. The Morgan fingerprint density at radius 3 is 2.61 bits per heavy atom. The van der Waals surface area contributed by atoms with Crippen molar-refractivity contribution >= 4 is 63.1 Å². The van der Waals surface area contributed by atoms with E-state index in [9.17, 15) is 14.9 Å². The van der Waals surface area contributed by atoms with E-state index in [0.717, 1.165) is 24.8 Å². The molecule has 2 aromatic heterocycles. The van der Waals surface area contributed by atoms with Gasteiger partial charge in [0.1, 0.15) is 11.1 Å². The maximum absolute atomic E-state index is 12.9. The predicted molar refractivity (Wildman–Crippen MR) is 166 cm³/mol. The molecule has 0 radical (unpaired) electrons. The molecule has 2 amide bonds. The zero-order chi connectivity index (χ0) is 30.1. The van der Waals surface area contributed by atoms with Gasteiger partial charge in [-0.2, -0.15) is 5.26 Å². The molecule has 1 aliphatic carbocycles. The maximum Gasteiger partial charge on any atom is 0.251 e. The molecule has 8 nitrogen and oxygen atoms in total. The molecule has 218 valence electrons. The van der Waals surface area contributed by atoms with Crippen LogP contribution in [0.1, 0.15) is 79.3 Å². The van der Waals surface area contributed by atoms with Crippen LogP contribution in [-0.2, 0) is 24.7 Å². The smallest absolute Gasteiger partial charge is 0.251 e. The summed E-state index contributed by atoms with van der Waals surface area (Å²) in [5.74, 6) is 0.717. The average molecular weight is 634 g/mol. The van der Waals surface area contributed by atoms with Gasteiger partial charge in [-0.05, 0) is 60.3 Å². The van der Waals surface area contributed by atoms with Crippen molar-refractivity contribution < 1.29 is 9.59 Å². The van der Waals surface area contributed by atoms with Crippen LogP contribution in [0.4, 0.5) is 5.00 Å². The number of hydrogen-bond donors (Lipinski definition) is 2. The van der Waals surface area contributed by atoms with Crippen molar-refractivity contribution in [2.45, 2.75) is 65.1 Å². The lowest BCUT2D eigenvalue weighted by Crippen LogP contribution is -2.33. The first-order valence-electron chi connectivity index (χ1n) is 13.4. The molecule has 3 aromatic rings. The Labute approximate surface area is 259 Å². The van der Waals surface area contributed by atoms with Crippen molar-refractivity contribution in [2.24, 2.45) is 24.3 Å². The van der Waals surface area contributed by atoms with E-state index in [0.29, 0.717) is 43.1 Å². The lowest BCUT2D eigenvalue weighted by molar-refractivity contribution is -0.113. The molecule has 0 bridgehead atoms. The van der Waals surface area contributed by atoms with E-state index in [1.807, 2.05) is 20.9 Å². The molecule has 12 heteroatoms. The summed E-state index contributed by atoms with van der Waals surface area (Å²) >= 11 is 14.9. The first kappa shape index (κ1) is 31.4. The second-order valence-corrected chi connectivity index (χ2v) is 14.5. The van der Waals surface area contributed by atoms with Gasteiger partial charge < -0.3 is 15.2 Å². The number of anilines is 1. The Hall–Kier alpha value is -2.58. The minimum absolute atomic E-state index is 0.0120. The van der Waals surface area contributed by atoms with Crippen molar-refractivity contribution in [1.82, 2.24) is 20.1 Å². The molecule has 0 aliphatic heterocycles. The van der Waals surface area contributed by atoms with Crippen LogP contribution in [0.15, 0.2) is 23.4 Å². The molecule has 41 heavy (non-hydrogen) atoms. The number of aromatic nitrogens is 3. The van der Waals surface area contributed by atoms with Crippen molar-refractivity contribution in [3.8, 4) is 6.07 Å². The van der Waals surface area contributed by atoms with E-state index in [-0.39, 0.29) is 28.9 Å². The topological polar surface area (TPSA) is 113 Å². The third-order valence-corrected chi connectivity index (χ3v) is 10.4. The third-order valence-electron chi connectivity index (χ3n) is 7.47. The van der Waals surface area contributed by atoms with Gasteiger partial charge in [-0.15, -0.1) is 21.5 Å². The summed E-state index contributed by atoms with van der Waals surface area (Å²) in [7, 11) is 1.81. The summed E-state index contributed by atoms with van der Waals surface area (Å²) in [6.45, 7) is 10.7. The molecule has 0 saturated heterocycles. The van der Waals surface area contributed by atoms with Gasteiger partial charge in [0, 0.05) is 17.5 Å². The van der Waals surface area contributed by atoms with Gasteiger partial charge in [-0.3, -0.25) is 9.59 Å². The summed E-state index contributed by atoms with van der Waals surface area (Å²) in [6, 6.07) is 6.61. The SMILES string of the molecule is CC(C)[C@H](NC(=O)c1ccc(Cl)c(Cl)c1)c1nnc(SCC(=O)Nc2sc3c(c2C#N)CC[C@H](C(C)(C)C)C3)n1C. The van der Waals surface area contributed by atoms with Crippen LogP contribution in [0, 0.1) is 28.6 Å². The lowest BCUT2D eigenvalue weighted by atomic mass is 9.72. The normalized spacial score (nSPS) is 15.8. The van der Waals surface area contributed by atoms with E-state index in [4.69, 9.17) is 23.2 Å². The molecule has 2 N–H and O–H groups in total. The van der Waals surface area contributed by atoms with Crippen LogP contribution in [0.2, 0.25) is 10.0 Å². The Kier molecular flexibility index (Phi) is 9.74. The molecule has 4 rings (SSSR count). The molecule has 1 aromatic carbocycles. The Bertz CT molecular complexity index is 1500. The summed E-state index contributed by atoms with van der Waals surface area (Å²) < 4.78 is 1.79. The van der Waals surface area contributed by atoms with Crippen LogP contribution < -0.4 is 10.6 Å². The number of hydrogen-bond acceptors (Lipinski definition) is 7. The maximum atomic E-state index is 12.9. The molecule has 0 saturated carbocycles. The van der Waals surface area contributed by atoms with Crippen molar-refractivity contribution in [3.63, 3.8) is 0 Å². The van der Waals surface area contributed by atoms with Crippen molar-refractivity contribution in [3.05, 3.63) is 55.6 Å². The fourth-order valence-electron chi connectivity index (χ4n) is 4.94. The second kappa shape index (κ2) is 12.7. The Morgan fingerprint density at radius 2 is 1.98 bits per heavy atom. The second-order valence-electron chi connectivity index (χ2n) is 11.7. The summed E-state index contributed by atoms with van der Waals surface area (Å²) in [5.41, 5.74) is 2.26. The zero-order valence-corrected chi connectivity index (χ0v) is 27.1. The van der Waals surface area contributed by atoms with E-state index < -0.39 is 6.04 Å². The number of nitrogens with zero attached hydrogens (tertiary/aromatic N) is 4. The molecule has 1 aliphatic rings. The van der Waals surface area contributed by atoms with Gasteiger partial charge in [0.25, 0.3) is 5.91 Å². The van der Waals surface area contributed by atoms with E-state index in [1.165, 1.54) is 34.0 Å². The van der Waals surface area contributed by atoms with Gasteiger partial charge >= 0.3 is 0 Å². The summed E-state index contributed by atoms with van der Waals surface area (Å²) in [4.78, 5) is 27.1. The number of amides is 2. The van der Waals surface area contributed by atoms with E-state index >= 15 is 0 Å². The fraction of sp³-hybridized carbons (Fsp3) is 0.483. The fourth-order valence-corrected chi connectivity index (χ4v) is 7.25. The van der Waals surface area contributed by atoms with Gasteiger partial charge in [0.05, 0.1) is 27.4 Å². The third kappa shape index (κ3) is 7.08. The lowest BCUT2D eigenvalue weighted by Gasteiger charge is -2.33. The van der Waals surface area contributed by atoms with Crippen LogP contribution in [0.25, 0.3) is 0 Å². The average Bonchev–Trinajstić information content (AvgIpc) is 3.45. The Balaban J connectivity index is 1.42. The first-order chi connectivity index (χ1) is 19.3. The minimum atomic E-state index is -0.426. The highest BCUT2D eigenvalue weighted by atomic mass is 35.5. The highest BCUT2D eigenvalue weighted by Gasteiger charge is 2.32. The summed E-state index contributed by atoms with van der Waals surface area (Å²) in [6.07, 6.45) is 2.84. The molecule has 0 fully saturated rings. The number of thiophene rings is 1. The number of halogens is 2. The van der Waals surface area contributed by atoms with E-state index in [1.54, 1.807) is 16.7 Å². The van der Waals surface area contributed by atoms with Crippen LogP contribution in [-0.4, -0.2) is 32.3 Å². The molecule has 0 spiro atoms. The Morgan fingerprint density at radius 1 is 1.24 bits per heavy atom. The standard InChI is InChI=1S/C29H34Cl2N6O2S2/c1-15(2)24(34-26(39)16-7-10-20(30)21(31)11-16)25-35-36-28(37(25)6)40-14-23(38)33-27-19(13-32)18-9-8-17(29(3,4)5)12-22(18)41-27/h7,10-11,15,17,24H,8-9,12,14H2,1-6H3,(H,33,38)(H,34,39)/t17-,24-/m0/s1. The number of carbonyl (C=O) groups is 2. The monoisotopic (exact) mass is 632 g/mol. The predicted octanol–water partition coefficient (Wildman–Crippen LogP) is 7.06. The molecule has 2 atom stereocenters. The number of benzene rings is 1.